The molecule has 21 heavy (non-hydrogen) atoms. The van der Waals surface area contributed by atoms with Crippen molar-refractivity contribution in [2.24, 2.45) is 7.05 Å². The Hall–Kier alpha value is -2.34. The molecule has 106 valence electrons. The van der Waals surface area contributed by atoms with Crippen LogP contribution in [-0.2, 0) is 7.05 Å². The summed E-state index contributed by atoms with van der Waals surface area (Å²) >= 11 is 1.57. The average Bonchev–Trinajstić information content (AvgIpc) is 2.93. The highest BCUT2D eigenvalue weighted by molar-refractivity contribution is 7.99. The first-order chi connectivity index (χ1) is 10.2. The summed E-state index contributed by atoms with van der Waals surface area (Å²) in [5.74, 6) is 1.52. The number of rotatable bonds is 4. The monoisotopic (exact) mass is 297 g/mol. The lowest BCUT2D eigenvalue weighted by Gasteiger charge is -2.07. The van der Waals surface area contributed by atoms with Crippen molar-refractivity contribution in [3.63, 3.8) is 0 Å². The number of anilines is 1. The van der Waals surface area contributed by atoms with Crippen molar-refractivity contribution in [3.8, 4) is 11.4 Å². The molecule has 2 heterocycles. The van der Waals surface area contributed by atoms with E-state index in [9.17, 15) is 0 Å². The summed E-state index contributed by atoms with van der Waals surface area (Å²) in [6.45, 7) is 0. The molecule has 0 saturated heterocycles. The molecule has 3 aromatic rings. The van der Waals surface area contributed by atoms with Gasteiger partial charge in [0.2, 0.25) is 0 Å². The van der Waals surface area contributed by atoms with Crippen LogP contribution in [-0.4, -0.2) is 26.8 Å². The van der Waals surface area contributed by atoms with Gasteiger partial charge in [-0.1, -0.05) is 42.1 Å². The topological polar surface area (TPSA) is 55.6 Å². The predicted octanol–water partition coefficient (Wildman–Crippen LogP) is 3.07. The minimum atomic E-state index is 0.717. The fraction of sp³-hybridized carbons (Fsp3) is 0.133. The van der Waals surface area contributed by atoms with Crippen LogP contribution in [0.5, 0.6) is 0 Å². The first kappa shape index (κ1) is 13.6. The van der Waals surface area contributed by atoms with Crippen molar-refractivity contribution in [2.45, 2.75) is 9.92 Å². The van der Waals surface area contributed by atoms with Crippen LogP contribution in [0.15, 0.2) is 58.7 Å². The van der Waals surface area contributed by atoms with E-state index in [4.69, 9.17) is 0 Å². The fourth-order valence-electron chi connectivity index (χ4n) is 1.89. The van der Waals surface area contributed by atoms with Gasteiger partial charge in [-0.15, -0.1) is 0 Å². The number of aromatic nitrogens is 4. The number of nitrogens with one attached hydrogen (secondary N) is 1. The van der Waals surface area contributed by atoms with Crippen molar-refractivity contribution in [2.75, 3.05) is 12.4 Å². The number of aryl methyl sites for hydroxylation is 1. The van der Waals surface area contributed by atoms with E-state index >= 15 is 0 Å². The van der Waals surface area contributed by atoms with Crippen LogP contribution in [0.3, 0.4) is 0 Å². The molecule has 0 aliphatic heterocycles. The van der Waals surface area contributed by atoms with Crippen LogP contribution in [0.25, 0.3) is 11.4 Å². The molecule has 0 spiro atoms. The Balaban J connectivity index is 1.97. The van der Waals surface area contributed by atoms with E-state index in [1.807, 2.05) is 62.9 Å². The standard InChI is InChI=1S/C15H15N5S/c1-16-13-8-14(21-12-9-17-20(2)10-12)19-15(18-13)11-6-4-3-5-7-11/h3-10H,1-2H3,(H,16,18,19). The summed E-state index contributed by atoms with van der Waals surface area (Å²) in [5, 5.41) is 8.15. The number of nitrogens with zero attached hydrogens (tertiary/aromatic N) is 4. The summed E-state index contributed by atoms with van der Waals surface area (Å²) in [4.78, 5) is 10.2. The van der Waals surface area contributed by atoms with E-state index in [2.05, 4.69) is 20.4 Å². The summed E-state index contributed by atoms with van der Waals surface area (Å²) in [5.41, 5.74) is 1.00. The van der Waals surface area contributed by atoms with E-state index < -0.39 is 0 Å². The van der Waals surface area contributed by atoms with Gasteiger partial charge in [-0.25, -0.2) is 9.97 Å². The summed E-state index contributed by atoms with van der Waals surface area (Å²) in [6.07, 6.45) is 3.79. The highest BCUT2D eigenvalue weighted by atomic mass is 32.2. The molecule has 0 unspecified atom stereocenters. The van der Waals surface area contributed by atoms with Gasteiger partial charge in [0.05, 0.1) is 11.1 Å². The van der Waals surface area contributed by atoms with Crippen molar-refractivity contribution >= 4 is 17.6 Å². The van der Waals surface area contributed by atoms with Gasteiger partial charge >= 0.3 is 0 Å². The maximum atomic E-state index is 4.63. The Morgan fingerprint density at radius 1 is 1.14 bits per heavy atom. The van der Waals surface area contributed by atoms with E-state index in [0.717, 1.165) is 21.3 Å². The highest BCUT2D eigenvalue weighted by Crippen LogP contribution is 2.28. The third-order valence-electron chi connectivity index (χ3n) is 2.89. The molecule has 0 radical (unpaired) electrons. The molecule has 0 aliphatic rings. The molecule has 5 nitrogen and oxygen atoms in total. The quantitative estimate of drug-likeness (QED) is 0.750. The van der Waals surface area contributed by atoms with Crippen LogP contribution < -0.4 is 5.32 Å². The van der Waals surface area contributed by atoms with Gasteiger partial charge in [0.25, 0.3) is 0 Å². The van der Waals surface area contributed by atoms with Crippen LogP contribution in [0.2, 0.25) is 0 Å². The van der Waals surface area contributed by atoms with Crippen molar-refractivity contribution in [1.82, 2.24) is 19.7 Å². The lowest BCUT2D eigenvalue weighted by Crippen LogP contribution is -1.98. The normalized spacial score (nSPS) is 10.6. The predicted molar refractivity (Wildman–Crippen MR) is 84.3 cm³/mol. The fourth-order valence-corrected chi connectivity index (χ4v) is 2.74. The minimum absolute atomic E-state index is 0.717. The summed E-state index contributed by atoms with van der Waals surface area (Å²) in [7, 11) is 3.76. The Labute approximate surface area is 127 Å². The first-order valence-electron chi connectivity index (χ1n) is 6.53. The van der Waals surface area contributed by atoms with Crippen molar-refractivity contribution in [1.29, 1.82) is 0 Å². The molecule has 0 amide bonds. The molecule has 1 N–H and O–H groups in total. The van der Waals surface area contributed by atoms with E-state index in [1.165, 1.54) is 0 Å². The molecule has 0 atom stereocenters. The average molecular weight is 297 g/mol. The van der Waals surface area contributed by atoms with E-state index in [-0.39, 0.29) is 0 Å². The molecular weight excluding hydrogens is 282 g/mol. The molecule has 1 aromatic carbocycles. The molecule has 0 bridgehead atoms. The molecule has 6 heteroatoms. The second-order valence-corrected chi connectivity index (χ2v) is 5.58. The highest BCUT2D eigenvalue weighted by Gasteiger charge is 2.08. The lowest BCUT2D eigenvalue weighted by atomic mass is 10.2. The van der Waals surface area contributed by atoms with Gasteiger partial charge in [0.1, 0.15) is 10.8 Å². The van der Waals surface area contributed by atoms with Crippen molar-refractivity contribution < 1.29 is 0 Å². The Morgan fingerprint density at radius 2 is 1.95 bits per heavy atom. The zero-order valence-electron chi connectivity index (χ0n) is 11.8. The molecule has 0 aliphatic carbocycles. The first-order valence-corrected chi connectivity index (χ1v) is 7.35. The van der Waals surface area contributed by atoms with Crippen LogP contribution in [0.1, 0.15) is 0 Å². The summed E-state index contributed by atoms with van der Waals surface area (Å²) < 4.78 is 1.78. The third kappa shape index (κ3) is 3.22. The van der Waals surface area contributed by atoms with Crippen LogP contribution in [0, 0.1) is 0 Å². The van der Waals surface area contributed by atoms with Gasteiger partial charge in [0.15, 0.2) is 5.82 Å². The maximum Gasteiger partial charge on any atom is 0.162 e. The number of hydrogen-bond acceptors (Lipinski definition) is 5. The third-order valence-corrected chi connectivity index (χ3v) is 3.76. The second kappa shape index (κ2) is 5.97. The zero-order valence-corrected chi connectivity index (χ0v) is 12.6. The molecule has 0 saturated carbocycles. The van der Waals surface area contributed by atoms with Crippen LogP contribution >= 0.6 is 11.8 Å². The largest absolute Gasteiger partial charge is 0.373 e. The summed E-state index contributed by atoms with van der Waals surface area (Å²) in [6, 6.07) is 11.9. The molecule has 2 aromatic heterocycles. The van der Waals surface area contributed by atoms with Crippen LogP contribution in [0.4, 0.5) is 5.82 Å². The number of hydrogen-bond donors (Lipinski definition) is 1. The van der Waals surface area contributed by atoms with Gasteiger partial charge in [-0.3, -0.25) is 4.68 Å². The van der Waals surface area contributed by atoms with Gasteiger partial charge in [0, 0.05) is 31.9 Å². The number of benzene rings is 1. The van der Waals surface area contributed by atoms with Crippen molar-refractivity contribution in [3.05, 3.63) is 48.8 Å². The zero-order chi connectivity index (χ0) is 14.7. The van der Waals surface area contributed by atoms with E-state index in [0.29, 0.717) is 5.82 Å². The smallest absolute Gasteiger partial charge is 0.162 e. The Morgan fingerprint density at radius 3 is 2.62 bits per heavy atom. The molecule has 3 rings (SSSR count). The Bertz CT molecular complexity index is 739. The van der Waals surface area contributed by atoms with Gasteiger partial charge < -0.3 is 5.32 Å². The molecular formula is C15H15N5S. The Kier molecular flexibility index (Phi) is 3.87. The SMILES string of the molecule is CNc1cc(Sc2cnn(C)c2)nc(-c2ccccc2)n1. The molecule has 0 fully saturated rings. The second-order valence-electron chi connectivity index (χ2n) is 4.48. The van der Waals surface area contributed by atoms with Gasteiger partial charge in [-0.05, 0) is 0 Å². The maximum absolute atomic E-state index is 4.63. The lowest BCUT2D eigenvalue weighted by molar-refractivity contribution is 0.766. The minimum Gasteiger partial charge on any atom is -0.373 e. The van der Waals surface area contributed by atoms with Gasteiger partial charge in [-0.2, -0.15) is 5.10 Å². The van der Waals surface area contributed by atoms with E-state index in [1.54, 1.807) is 16.4 Å².